The van der Waals surface area contributed by atoms with Gasteiger partial charge >= 0.3 is 12.1 Å². The number of amides is 2. The lowest BCUT2D eigenvalue weighted by Crippen LogP contribution is -2.43. The monoisotopic (exact) mass is 450 g/mol. The number of H-pyrrole nitrogens is 1. The molecule has 0 saturated heterocycles. The molecule has 2 amide bonds. The molecule has 1 aliphatic rings. The van der Waals surface area contributed by atoms with Crippen molar-refractivity contribution in [3.8, 4) is 11.1 Å². The van der Waals surface area contributed by atoms with Crippen molar-refractivity contribution in [2.45, 2.75) is 12.0 Å². The largest absolute Gasteiger partial charge is 0.480 e. The second-order valence-electron chi connectivity index (χ2n) is 7.44. The minimum absolute atomic E-state index is 0.0219. The highest BCUT2D eigenvalue weighted by Crippen LogP contribution is 2.44. The first-order valence-electron chi connectivity index (χ1n) is 10.2. The molecular weight excluding hydrogens is 428 g/mol. The van der Waals surface area contributed by atoms with Crippen LogP contribution in [0.25, 0.3) is 11.1 Å². The summed E-state index contributed by atoms with van der Waals surface area (Å²) in [5.41, 5.74) is 4.41. The summed E-state index contributed by atoms with van der Waals surface area (Å²) in [5, 5.41) is 20.2. The van der Waals surface area contributed by atoms with Crippen LogP contribution in [-0.4, -0.2) is 59.6 Å². The number of anilines is 1. The third-order valence-corrected chi connectivity index (χ3v) is 5.33. The molecule has 3 aromatic rings. The molecule has 0 saturated carbocycles. The van der Waals surface area contributed by atoms with Gasteiger partial charge in [0, 0.05) is 19.1 Å². The molecule has 0 aliphatic heterocycles. The fraction of sp³-hybridized carbons (Fsp3) is 0.217. The average molecular weight is 450 g/mol. The Balaban J connectivity index is 1.36. The second-order valence-corrected chi connectivity index (χ2v) is 7.44. The van der Waals surface area contributed by atoms with E-state index >= 15 is 0 Å². The zero-order valence-electron chi connectivity index (χ0n) is 17.7. The van der Waals surface area contributed by atoms with Crippen molar-refractivity contribution < 1.29 is 29.0 Å². The molecule has 1 atom stereocenters. The lowest BCUT2D eigenvalue weighted by molar-refractivity contribution is -0.140. The molecule has 170 valence electrons. The number of carbonyl (C=O) groups is 3. The molecule has 0 fully saturated rings. The first kappa shape index (κ1) is 22.0. The molecule has 2 aromatic carbocycles. The van der Waals surface area contributed by atoms with E-state index in [1.165, 1.54) is 13.2 Å². The van der Waals surface area contributed by atoms with Gasteiger partial charge in [-0.25, -0.2) is 9.59 Å². The molecule has 1 unspecified atom stereocenters. The third-order valence-electron chi connectivity index (χ3n) is 5.33. The summed E-state index contributed by atoms with van der Waals surface area (Å²) in [6, 6.07) is 16.1. The quantitative estimate of drug-likeness (QED) is 0.413. The summed E-state index contributed by atoms with van der Waals surface area (Å²) < 4.78 is 10.2. The van der Waals surface area contributed by atoms with Crippen molar-refractivity contribution in [3.63, 3.8) is 0 Å². The molecule has 33 heavy (non-hydrogen) atoms. The molecule has 10 heteroatoms. The number of carboxylic acid groups (broad SMARTS) is 1. The van der Waals surface area contributed by atoms with E-state index in [4.69, 9.17) is 14.6 Å². The fourth-order valence-electron chi connectivity index (χ4n) is 3.82. The molecule has 0 radical (unpaired) electrons. The Labute approximate surface area is 188 Å². The van der Waals surface area contributed by atoms with Gasteiger partial charge in [-0.05, 0) is 22.3 Å². The molecule has 0 bridgehead atoms. The Bertz CT molecular complexity index is 1150. The highest BCUT2D eigenvalue weighted by Gasteiger charge is 2.29. The SMILES string of the molecule is COCC(NC(=O)c1cc(NC(=O)OCC2c3ccccc3-c3ccccc32)n[nH]1)C(=O)O. The second kappa shape index (κ2) is 9.53. The number of hydrogen-bond acceptors (Lipinski definition) is 6. The Morgan fingerprint density at radius 2 is 1.73 bits per heavy atom. The van der Waals surface area contributed by atoms with E-state index in [1.807, 2.05) is 48.5 Å². The van der Waals surface area contributed by atoms with Crippen molar-refractivity contribution in [1.82, 2.24) is 15.5 Å². The van der Waals surface area contributed by atoms with Gasteiger partial charge in [-0.15, -0.1) is 0 Å². The number of ether oxygens (including phenoxy) is 2. The molecule has 0 spiro atoms. The lowest BCUT2D eigenvalue weighted by atomic mass is 9.98. The summed E-state index contributed by atoms with van der Waals surface area (Å²) in [7, 11) is 1.33. The molecule has 1 heterocycles. The minimum Gasteiger partial charge on any atom is -0.480 e. The van der Waals surface area contributed by atoms with Crippen LogP contribution in [0.15, 0.2) is 54.6 Å². The van der Waals surface area contributed by atoms with E-state index in [9.17, 15) is 14.4 Å². The topological polar surface area (TPSA) is 143 Å². The van der Waals surface area contributed by atoms with Gasteiger partial charge in [0.2, 0.25) is 0 Å². The molecule has 1 aromatic heterocycles. The maximum Gasteiger partial charge on any atom is 0.412 e. The number of hydrogen-bond donors (Lipinski definition) is 4. The Morgan fingerprint density at radius 1 is 1.09 bits per heavy atom. The number of methoxy groups -OCH3 is 1. The van der Waals surface area contributed by atoms with Gasteiger partial charge in [-0.2, -0.15) is 5.10 Å². The summed E-state index contributed by atoms with van der Waals surface area (Å²) in [6.07, 6.45) is -0.724. The van der Waals surface area contributed by atoms with Gasteiger partial charge < -0.3 is 19.9 Å². The van der Waals surface area contributed by atoms with Gasteiger partial charge in [0.25, 0.3) is 5.91 Å². The molecular formula is C23H22N4O6. The van der Waals surface area contributed by atoms with Crippen LogP contribution < -0.4 is 10.6 Å². The smallest absolute Gasteiger partial charge is 0.412 e. The van der Waals surface area contributed by atoms with Crippen molar-refractivity contribution in [3.05, 3.63) is 71.4 Å². The molecule has 1 aliphatic carbocycles. The Hall–Kier alpha value is -4.18. The summed E-state index contributed by atoms with van der Waals surface area (Å²) in [6.45, 7) is -0.0605. The number of aromatic nitrogens is 2. The van der Waals surface area contributed by atoms with Crippen LogP contribution in [-0.2, 0) is 14.3 Å². The number of aliphatic carboxylic acids is 1. The normalized spacial score (nSPS) is 13.0. The number of benzene rings is 2. The summed E-state index contributed by atoms with van der Waals surface area (Å²) >= 11 is 0. The van der Waals surface area contributed by atoms with E-state index in [0.29, 0.717) is 0 Å². The number of fused-ring (bicyclic) bond motifs is 3. The number of carboxylic acids is 1. The van der Waals surface area contributed by atoms with Crippen LogP contribution in [0, 0.1) is 0 Å². The van der Waals surface area contributed by atoms with Gasteiger partial charge in [0.1, 0.15) is 12.3 Å². The molecule has 10 nitrogen and oxygen atoms in total. The standard InChI is InChI=1S/C23H22N4O6/c1-32-12-19(22(29)30)24-21(28)18-10-20(27-26-18)25-23(31)33-11-17-15-8-4-2-6-13(15)14-7-3-5-9-16(14)17/h2-10,17,19H,11-12H2,1H3,(H,24,28)(H,29,30)(H2,25,26,27,31). The van der Waals surface area contributed by atoms with E-state index < -0.39 is 24.0 Å². The first-order valence-corrected chi connectivity index (χ1v) is 10.2. The number of nitrogens with one attached hydrogen (secondary N) is 3. The van der Waals surface area contributed by atoms with E-state index in [2.05, 4.69) is 20.8 Å². The first-order chi connectivity index (χ1) is 16.0. The Kier molecular flexibility index (Phi) is 6.36. The lowest BCUT2D eigenvalue weighted by Gasteiger charge is -2.14. The van der Waals surface area contributed by atoms with E-state index in [1.54, 1.807) is 0 Å². The third kappa shape index (κ3) is 4.70. The van der Waals surface area contributed by atoms with Gasteiger partial charge in [0.15, 0.2) is 11.9 Å². The number of nitrogens with zero attached hydrogens (tertiary/aromatic N) is 1. The van der Waals surface area contributed by atoms with Crippen molar-refractivity contribution in [2.24, 2.45) is 0 Å². The van der Waals surface area contributed by atoms with Crippen LogP contribution in [0.5, 0.6) is 0 Å². The average Bonchev–Trinajstić information content (AvgIpc) is 3.40. The van der Waals surface area contributed by atoms with Crippen LogP contribution in [0.3, 0.4) is 0 Å². The predicted molar refractivity (Wildman–Crippen MR) is 118 cm³/mol. The summed E-state index contributed by atoms with van der Waals surface area (Å²) in [4.78, 5) is 35.7. The van der Waals surface area contributed by atoms with Crippen LogP contribution in [0.1, 0.15) is 27.5 Å². The van der Waals surface area contributed by atoms with Crippen LogP contribution in [0.4, 0.5) is 10.6 Å². The van der Waals surface area contributed by atoms with Crippen molar-refractivity contribution in [1.29, 1.82) is 0 Å². The zero-order chi connectivity index (χ0) is 23.4. The molecule has 4 N–H and O–H groups in total. The minimum atomic E-state index is -1.23. The maximum absolute atomic E-state index is 12.3. The molecule has 4 rings (SSSR count). The van der Waals surface area contributed by atoms with Crippen molar-refractivity contribution in [2.75, 3.05) is 25.6 Å². The van der Waals surface area contributed by atoms with Gasteiger partial charge in [0.05, 0.1) is 6.61 Å². The van der Waals surface area contributed by atoms with Crippen LogP contribution in [0.2, 0.25) is 0 Å². The van der Waals surface area contributed by atoms with Crippen LogP contribution >= 0.6 is 0 Å². The Morgan fingerprint density at radius 3 is 2.33 bits per heavy atom. The highest BCUT2D eigenvalue weighted by atomic mass is 16.5. The van der Waals surface area contributed by atoms with Crippen molar-refractivity contribution >= 4 is 23.8 Å². The van der Waals surface area contributed by atoms with Gasteiger partial charge in [-0.1, -0.05) is 48.5 Å². The fourth-order valence-corrected chi connectivity index (χ4v) is 3.82. The summed E-state index contributed by atoms with van der Waals surface area (Å²) in [5.74, 6) is -1.96. The van der Waals surface area contributed by atoms with E-state index in [0.717, 1.165) is 22.3 Å². The van der Waals surface area contributed by atoms with Gasteiger partial charge in [-0.3, -0.25) is 15.2 Å². The van der Waals surface area contributed by atoms with E-state index in [-0.39, 0.29) is 30.6 Å². The maximum atomic E-state index is 12.3. The zero-order valence-corrected chi connectivity index (χ0v) is 17.7. The highest BCUT2D eigenvalue weighted by molar-refractivity contribution is 5.96. The predicted octanol–water partition coefficient (Wildman–Crippen LogP) is 2.60. The number of rotatable bonds is 8. The number of aromatic amines is 1. The number of carbonyl (C=O) groups excluding carboxylic acids is 2.